The zero-order valence-corrected chi connectivity index (χ0v) is 19.3. The maximum Gasteiger partial charge on any atom is 0.339 e. The fraction of sp³-hybridized carbons (Fsp3) is 0.240. The fourth-order valence-corrected chi connectivity index (χ4v) is 5.46. The van der Waals surface area contributed by atoms with Crippen LogP contribution in [0.4, 0.5) is 0 Å². The molecule has 3 aromatic carbocycles. The summed E-state index contributed by atoms with van der Waals surface area (Å²) in [4.78, 5) is 12.1. The number of sulfonamides is 1. The Hall–Kier alpha value is -3.36. The van der Waals surface area contributed by atoms with Crippen LogP contribution in [0.5, 0.6) is 11.5 Å². The summed E-state index contributed by atoms with van der Waals surface area (Å²) in [5, 5.41) is 0. The first kappa shape index (κ1) is 22.8. The minimum Gasteiger partial charge on any atom is -0.493 e. The molecule has 0 radical (unpaired) electrons. The predicted molar refractivity (Wildman–Crippen MR) is 123 cm³/mol. The predicted octanol–water partition coefficient (Wildman–Crippen LogP) is 3.81. The van der Waals surface area contributed by atoms with Crippen LogP contribution >= 0.6 is 0 Å². The van der Waals surface area contributed by atoms with E-state index in [2.05, 4.69) is 0 Å². The lowest BCUT2D eigenvalue weighted by molar-refractivity contribution is 0.0596. The van der Waals surface area contributed by atoms with E-state index in [1.165, 1.54) is 23.5 Å². The minimum atomic E-state index is -3.91. The lowest BCUT2D eigenvalue weighted by Crippen LogP contribution is -2.36. The number of benzene rings is 3. The molecular weight excluding hydrogens is 442 g/mol. The Kier molecular flexibility index (Phi) is 6.67. The van der Waals surface area contributed by atoms with Gasteiger partial charge in [-0.3, -0.25) is 0 Å². The Morgan fingerprint density at radius 2 is 1.64 bits per heavy atom. The Balaban J connectivity index is 1.59. The molecule has 172 valence electrons. The van der Waals surface area contributed by atoms with Crippen molar-refractivity contribution in [3.8, 4) is 11.5 Å². The van der Waals surface area contributed by atoms with Crippen LogP contribution in [0.25, 0.3) is 0 Å². The van der Waals surface area contributed by atoms with E-state index in [1.807, 2.05) is 42.5 Å². The van der Waals surface area contributed by atoms with E-state index in [9.17, 15) is 13.2 Å². The zero-order valence-electron chi connectivity index (χ0n) is 18.5. The van der Waals surface area contributed by atoms with Gasteiger partial charge in [0.05, 0.1) is 24.7 Å². The Morgan fingerprint density at radius 1 is 0.939 bits per heavy atom. The number of hydrogen-bond acceptors (Lipinski definition) is 6. The molecule has 0 N–H and O–H groups in total. The molecule has 7 nitrogen and oxygen atoms in total. The van der Waals surface area contributed by atoms with Gasteiger partial charge in [0.25, 0.3) is 0 Å². The summed E-state index contributed by atoms with van der Waals surface area (Å²) in [5.41, 5.74) is 2.91. The van der Waals surface area contributed by atoms with Crippen LogP contribution in [-0.2, 0) is 34.3 Å². The number of nitrogens with zero attached hydrogens (tertiary/aromatic N) is 1. The molecular formula is C25H25NO6S. The van der Waals surface area contributed by atoms with Gasteiger partial charge in [0.15, 0.2) is 11.5 Å². The molecule has 0 bridgehead atoms. The van der Waals surface area contributed by atoms with Gasteiger partial charge in [-0.1, -0.05) is 42.5 Å². The highest BCUT2D eigenvalue weighted by molar-refractivity contribution is 7.89. The molecule has 0 aromatic heterocycles. The summed E-state index contributed by atoms with van der Waals surface area (Å²) >= 11 is 0. The molecule has 0 amide bonds. The van der Waals surface area contributed by atoms with Gasteiger partial charge in [-0.25, -0.2) is 13.2 Å². The van der Waals surface area contributed by atoms with E-state index in [4.69, 9.17) is 14.2 Å². The third kappa shape index (κ3) is 4.72. The van der Waals surface area contributed by atoms with E-state index < -0.39 is 16.0 Å². The molecule has 0 saturated carbocycles. The fourth-order valence-electron chi connectivity index (χ4n) is 3.86. The molecule has 0 atom stereocenters. The third-order valence-corrected chi connectivity index (χ3v) is 7.51. The highest BCUT2D eigenvalue weighted by atomic mass is 32.2. The molecule has 1 aliphatic heterocycles. The monoisotopic (exact) mass is 467 g/mol. The molecule has 0 aliphatic carbocycles. The van der Waals surface area contributed by atoms with Crippen LogP contribution in [0.15, 0.2) is 71.6 Å². The molecule has 0 unspecified atom stereocenters. The van der Waals surface area contributed by atoms with Crippen molar-refractivity contribution in [2.75, 3.05) is 20.8 Å². The lowest BCUT2D eigenvalue weighted by atomic mass is 10.0. The molecule has 0 spiro atoms. The number of carbonyl (C=O) groups excluding carboxylic acids is 1. The van der Waals surface area contributed by atoms with Gasteiger partial charge < -0.3 is 14.2 Å². The molecule has 8 heteroatoms. The maximum absolute atomic E-state index is 13.4. The van der Waals surface area contributed by atoms with Gasteiger partial charge in [0, 0.05) is 13.1 Å². The molecule has 1 heterocycles. The second-order valence-corrected chi connectivity index (χ2v) is 9.53. The summed E-state index contributed by atoms with van der Waals surface area (Å²) in [7, 11) is -1.12. The van der Waals surface area contributed by atoms with Crippen molar-refractivity contribution in [1.82, 2.24) is 4.31 Å². The second kappa shape index (κ2) is 9.64. The average molecular weight is 468 g/mol. The van der Waals surface area contributed by atoms with Crippen molar-refractivity contribution in [2.24, 2.45) is 0 Å². The van der Waals surface area contributed by atoms with Gasteiger partial charge in [0.1, 0.15) is 6.61 Å². The zero-order chi connectivity index (χ0) is 23.4. The van der Waals surface area contributed by atoms with Gasteiger partial charge in [-0.2, -0.15) is 4.31 Å². The average Bonchev–Trinajstić information content (AvgIpc) is 2.86. The second-order valence-electron chi connectivity index (χ2n) is 7.62. The van der Waals surface area contributed by atoms with Crippen molar-refractivity contribution < 1.29 is 27.4 Å². The summed E-state index contributed by atoms with van der Waals surface area (Å²) in [6.07, 6.45) is 0.515. The number of carbonyl (C=O) groups is 1. The Labute approximate surface area is 193 Å². The quantitative estimate of drug-likeness (QED) is 0.492. The van der Waals surface area contributed by atoms with Gasteiger partial charge in [-0.05, 0) is 47.4 Å². The number of rotatable bonds is 7. The summed E-state index contributed by atoms with van der Waals surface area (Å²) < 4.78 is 44.4. The Bertz CT molecular complexity index is 1260. The SMILES string of the molecule is COC(=O)c1ccccc1S(=O)(=O)N1CCc2cc(OCc3ccccc3)c(OC)cc2C1. The van der Waals surface area contributed by atoms with E-state index >= 15 is 0 Å². The number of esters is 1. The van der Waals surface area contributed by atoms with E-state index in [0.29, 0.717) is 24.5 Å². The first-order valence-corrected chi connectivity index (χ1v) is 11.9. The largest absolute Gasteiger partial charge is 0.493 e. The molecule has 3 aromatic rings. The lowest BCUT2D eigenvalue weighted by Gasteiger charge is -2.29. The van der Waals surface area contributed by atoms with Gasteiger partial charge in [0.2, 0.25) is 10.0 Å². The Morgan fingerprint density at radius 3 is 2.36 bits per heavy atom. The first-order valence-electron chi connectivity index (χ1n) is 10.5. The van der Waals surface area contributed by atoms with Crippen molar-refractivity contribution in [3.05, 3.63) is 89.0 Å². The molecule has 33 heavy (non-hydrogen) atoms. The number of ether oxygens (including phenoxy) is 3. The normalized spacial score (nSPS) is 13.8. The third-order valence-electron chi connectivity index (χ3n) is 5.61. The highest BCUT2D eigenvalue weighted by Gasteiger charge is 2.32. The van der Waals surface area contributed by atoms with E-state index in [1.54, 1.807) is 19.2 Å². The van der Waals surface area contributed by atoms with Crippen LogP contribution in [0, 0.1) is 0 Å². The first-order chi connectivity index (χ1) is 15.9. The molecule has 0 fully saturated rings. The molecule has 0 saturated heterocycles. The minimum absolute atomic E-state index is 0.0213. The van der Waals surface area contributed by atoms with Gasteiger partial charge in [-0.15, -0.1) is 0 Å². The maximum atomic E-state index is 13.4. The van der Waals surface area contributed by atoms with Crippen molar-refractivity contribution >= 4 is 16.0 Å². The summed E-state index contributed by atoms with van der Waals surface area (Å²) in [6, 6.07) is 19.7. The molecule has 4 rings (SSSR count). The summed E-state index contributed by atoms with van der Waals surface area (Å²) in [6.45, 7) is 0.860. The van der Waals surface area contributed by atoms with Crippen molar-refractivity contribution in [2.45, 2.75) is 24.5 Å². The number of methoxy groups -OCH3 is 2. The topological polar surface area (TPSA) is 82.1 Å². The summed E-state index contributed by atoms with van der Waals surface area (Å²) in [5.74, 6) is 0.472. The van der Waals surface area contributed by atoms with E-state index in [-0.39, 0.29) is 23.5 Å². The molecule has 1 aliphatic rings. The van der Waals surface area contributed by atoms with Crippen LogP contribution in [-0.4, -0.2) is 39.5 Å². The van der Waals surface area contributed by atoms with Crippen molar-refractivity contribution in [3.63, 3.8) is 0 Å². The van der Waals surface area contributed by atoms with E-state index in [0.717, 1.165) is 16.7 Å². The highest BCUT2D eigenvalue weighted by Crippen LogP contribution is 2.35. The van der Waals surface area contributed by atoms with Crippen LogP contribution in [0.2, 0.25) is 0 Å². The number of hydrogen-bond donors (Lipinski definition) is 0. The van der Waals surface area contributed by atoms with Crippen LogP contribution < -0.4 is 9.47 Å². The van der Waals surface area contributed by atoms with Crippen LogP contribution in [0.1, 0.15) is 27.0 Å². The van der Waals surface area contributed by atoms with Gasteiger partial charge >= 0.3 is 5.97 Å². The smallest absolute Gasteiger partial charge is 0.339 e. The number of fused-ring (bicyclic) bond motifs is 1. The standard InChI is InChI=1S/C25H25NO6S/c1-30-22-15-20-16-26(33(28,29)24-11-7-6-10-21(24)25(27)31-2)13-12-19(20)14-23(22)32-17-18-8-4-3-5-9-18/h3-11,14-15H,12-13,16-17H2,1-2H3. The van der Waals surface area contributed by atoms with Crippen LogP contribution in [0.3, 0.4) is 0 Å². The van der Waals surface area contributed by atoms with Crippen molar-refractivity contribution in [1.29, 1.82) is 0 Å².